The second-order valence-corrected chi connectivity index (χ2v) is 4.93. The lowest BCUT2D eigenvalue weighted by Gasteiger charge is -2.11. The molecule has 0 fully saturated rings. The van der Waals surface area contributed by atoms with Crippen LogP contribution >= 0.6 is 0 Å². The zero-order valence-corrected chi connectivity index (χ0v) is 11.5. The first-order chi connectivity index (χ1) is 8.91. The van der Waals surface area contributed by atoms with Crippen LogP contribution in [0, 0.1) is 13.8 Å². The van der Waals surface area contributed by atoms with E-state index in [1.165, 1.54) is 5.56 Å². The van der Waals surface area contributed by atoms with Crippen LogP contribution in [0.5, 0.6) is 0 Å². The van der Waals surface area contributed by atoms with Gasteiger partial charge < -0.3 is 5.11 Å². The lowest BCUT2D eigenvalue weighted by molar-refractivity contribution is 0.0691. The van der Waals surface area contributed by atoms with Crippen molar-refractivity contribution in [1.29, 1.82) is 0 Å². The van der Waals surface area contributed by atoms with Gasteiger partial charge in [0.15, 0.2) is 5.69 Å². The van der Waals surface area contributed by atoms with E-state index < -0.39 is 5.97 Å². The van der Waals surface area contributed by atoms with Gasteiger partial charge in [0.2, 0.25) is 0 Å². The minimum atomic E-state index is -1.06. The van der Waals surface area contributed by atoms with Gasteiger partial charge in [-0.05, 0) is 44.9 Å². The molecule has 0 bridgehead atoms. The number of aromatic nitrogens is 3. The predicted octanol–water partition coefficient (Wildman–Crippen LogP) is 2.84. The molecule has 0 spiro atoms. The second-order valence-electron chi connectivity index (χ2n) is 4.93. The lowest BCUT2D eigenvalue weighted by atomic mass is 10.0. The van der Waals surface area contributed by atoms with Crippen molar-refractivity contribution in [1.82, 2.24) is 15.0 Å². The Morgan fingerprint density at radius 1 is 1.26 bits per heavy atom. The van der Waals surface area contributed by atoms with Gasteiger partial charge in [0, 0.05) is 11.6 Å². The number of aromatic carboxylic acids is 1. The number of carboxylic acid groups (broad SMARTS) is 1. The Bertz CT molecular complexity index is 630. The summed E-state index contributed by atoms with van der Waals surface area (Å²) in [6.07, 6.45) is 0. The molecule has 0 aliphatic heterocycles. The fraction of sp³-hybridized carbons (Fsp3) is 0.357. The van der Waals surface area contributed by atoms with Crippen LogP contribution in [0.2, 0.25) is 0 Å². The number of carboxylic acids is 1. The van der Waals surface area contributed by atoms with Crippen molar-refractivity contribution in [2.75, 3.05) is 0 Å². The third kappa shape index (κ3) is 2.36. The summed E-state index contributed by atoms with van der Waals surface area (Å²) >= 11 is 0. The summed E-state index contributed by atoms with van der Waals surface area (Å²) in [7, 11) is 0. The van der Waals surface area contributed by atoms with Crippen LogP contribution in [0.4, 0.5) is 0 Å². The molecule has 0 saturated carbocycles. The summed E-state index contributed by atoms with van der Waals surface area (Å²) in [4.78, 5) is 11.3. The molecule has 0 atom stereocenters. The summed E-state index contributed by atoms with van der Waals surface area (Å²) in [6.45, 7) is 7.92. The first-order valence-electron chi connectivity index (χ1n) is 6.18. The molecule has 1 aromatic carbocycles. The molecule has 1 heterocycles. The van der Waals surface area contributed by atoms with Gasteiger partial charge in [-0.3, -0.25) is 0 Å². The molecular weight excluding hydrogens is 242 g/mol. The van der Waals surface area contributed by atoms with Crippen molar-refractivity contribution >= 4 is 5.97 Å². The van der Waals surface area contributed by atoms with E-state index >= 15 is 0 Å². The molecule has 1 aromatic heterocycles. The van der Waals surface area contributed by atoms with Gasteiger partial charge in [-0.25, -0.2) is 9.48 Å². The SMILES string of the molecule is Cc1ccc(-c2c(C(=O)O)nnn2C(C)C)cc1C. The van der Waals surface area contributed by atoms with E-state index in [0.717, 1.165) is 11.1 Å². The number of hydrogen-bond acceptors (Lipinski definition) is 3. The van der Waals surface area contributed by atoms with Crippen LogP contribution in [0.25, 0.3) is 11.3 Å². The minimum absolute atomic E-state index is 0.00282. The van der Waals surface area contributed by atoms with E-state index in [1.807, 2.05) is 45.9 Å². The van der Waals surface area contributed by atoms with Crippen molar-refractivity contribution in [2.45, 2.75) is 33.7 Å². The highest BCUT2D eigenvalue weighted by molar-refractivity contribution is 5.92. The normalized spacial score (nSPS) is 11.0. The van der Waals surface area contributed by atoms with Crippen LogP contribution < -0.4 is 0 Å². The maximum Gasteiger partial charge on any atom is 0.358 e. The first-order valence-corrected chi connectivity index (χ1v) is 6.18. The van der Waals surface area contributed by atoms with Gasteiger partial charge in [0.05, 0.1) is 0 Å². The van der Waals surface area contributed by atoms with Crippen LogP contribution in [0.15, 0.2) is 18.2 Å². The average molecular weight is 259 g/mol. The maximum absolute atomic E-state index is 11.3. The number of carbonyl (C=O) groups is 1. The molecule has 1 N–H and O–H groups in total. The molecule has 0 aliphatic carbocycles. The maximum atomic E-state index is 11.3. The number of benzene rings is 1. The van der Waals surface area contributed by atoms with Crippen molar-refractivity contribution in [3.05, 3.63) is 35.0 Å². The number of nitrogens with zero attached hydrogens (tertiary/aromatic N) is 3. The zero-order chi connectivity index (χ0) is 14.2. The van der Waals surface area contributed by atoms with Crippen molar-refractivity contribution in [3.8, 4) is 11.3 Å². The van der Waals surface area contributed by atoms with Gasteiger partial charge in [-0.2, -0.15) is 0 Å². The molecule has 0 unspecified atom stereocenters. The highest BCUT2D eigenvalue weighted by atomic mass is 16.4. The summed E-state index contributed by atoms with van der Waals surface area (Å²) in [5.74, 6) is -1.06. The third-order valence-corrected chi connectivity index (χ3v) is 3.17. The molecule has 19 heavy (non-hydrogen) atoms. The summed E-state index contributed by atoms with van der Waals surface area (Å²) in [5, 5.41) is 17.0. The molecule has 0 aliphatic rings. The van der Waals surface area contributed by atoms with Gasteiger partial charge in [0.25, 0.3) is 0 Å². The third-order valence-electron chi connectivity index (χ3n) is 3.17. The molecule has 2 rings (SSSR count). The van der Waals surface area contributed by atoms with E-state index in [1.54, 1.807) is 4.68 Å². The van der Waals surface area contributed by atoms with Gasteiger partial charge in [-0.1, -0.05) is 17.3 Å². The molecule has 5 nitrogen and oxygen atoms in total. The quantitative estimate of drug-likeness (QED) is 0.920. The monoisotopic (exact) mass is 259 g/mol. The van der Waals surface area contributed by atoms with E-state index in [0.29, 0.717) is 5.69 Å². The Hall–Kier alpha value is -2.17. The van der Waals surface area contributed by atoms with Crippen LogP contribution in [0.1, 0.15) is 41.5 Å². The topological polar surface area (TPSA) is 68.0 Å². The Morgan fingerprint density at radius 3 is 2.47 bits per heavy atom. The first kappa shape index (κ1) is 13.3. The molecule has 0 amide bonds. The van der Waals surface area contributed by atoms with Crippen molar-refractivity contribution < 1.29 is 9.90 Å². The van der Waals surface area contributed by atoms with Crippen LogP contribution in [-0.4, -0.2) is 26.1 Å². The second kappa shape index (κ2) is 4.84. The number of hydrogen-bond donors (Lipinski definition) is 1. The highest BCUT2D eigenvalue weighted by Crippen LogP contribution is 2.26. The molecule has 2 aromatic rings. The molecule has 0 radical (unpaired) electrons. The predicted molar refractivity (Wildman–Crippen MR) is 72.3 cm³/mol. The summed E-state index contributed by atoms with van der Waals surface area (Å²) in [5.41, 5.74) is 3.68. The highest BCUT2D eigenvalue weighted by Gasteiger charge is 2.22. The van der Waals surface area contributed by atoms with Crippen molar-refractivity contribution in [3.63, 3.8) is 0 Å². The minimum Gasteiger partial charge on any atom is -0.476 e. The lowest BCUT2D eigenvalue weighted by Crippen LogP contribution is -2.07. The Morgan fingerprint density at radius 2 is 1.95 bits per heavy atom. The smallest absolute Gasteiger partial charge is 0.358 e. The van der Waals surface area contributed by atoms with Crippen LogP contribution in [0.3, 0.4) is 0 Å². The van der Waals surface area contributed by atoms with E-state index in [-0.39, 0.29) is 11.7 Å². The Balaban J connectivity index is 2.67. The summed E-state index contributed by atoms with van der Waals surface area (Å²) in [6, 6.07) is 5.91. The standard InChI is InChI=1S/C14H17N3O2/c1-8(2)17-13(12(14(18)19)15-16-17)11-6-5-9(3)10(4)7-11/h5-8H,1-4H3,(H,18,19). The summed E-state index contributed by atoms with van der Waals surface area (Å²) < 4.78 is 1.65. The van der Waals surface area contributed by atoms with Crippen molar-refractivity contribution in [2.24, 2.45) is 0 Å². The fourth-order valence-electron chi connectivity index (χ4n) is 1.96. The largest absolute Gasteiger partial charge is 0.476 e. The van der Waals surface area contributed by atoms with E-state index in [9.17, 15) is 9.90 Å². The number of rotatable bonds is 3. The van der Waals surface area contributed by atoms with E-state index in [2.05, 4.69) is 10.3 Å². The molecule has 0 saturated heterocycles. The Kier molecular flexibility index (Phi) is 3.38. The van der Waals surface area contributed by atoms with Gasteiger partial charge >= 0.3 is 5.97 Å². The van der Waals surface area contributed by atoms with Gasteiger partial charge in [0.1, 0.15) is 5.69 Å². The number of aryl methyl sites for hydroxylation is 2. The van der Waals surface area contributed by atoms with E-state index in [4.69, 9.17) is 0 Å². The molecular formula is C14H17N3O2. The average Bonchev–Trinajstić information content (AvgIpc) is 2.77. The zero-order valence-electron chi connectivity index (χ0n) is 11.5. The van der Waals surface area contributed by atoms with Gasteiger partial charge in [-0.15, -0.1) is 5.10 Å². The fourth-order valence-corrected chi connectivity index (χ4v) is 1.96. The molecule has 5 heteroatoms. The Labute approximate surface area is 111 Å². The molecule has 100 valence electrons. The van der Waals surface area contributed by atoms with Crippen LogP contribution in [-0.2, 0) is 0 Å².